The molecule has 3 atom stereocenters. The van der Waals surface area contributed by atoms with Gasteiger partial charge in [-0.1, -0.05) is 68.1 Å². The number of hydrogen-bond acceptors (Lipinski definition) is 8. The van der Waals surface area contributed by atoms with Crippen molar-refractivity contribution in [2.75, 3.05) is 16.8 Å². The molecule has 3 aromatic carbocycles. The molecule has 0 spiro atoms. The van der Waals surface area contributed by atoms with Crippen LogP contribution in [0.15, 0.2) is 82.6 Å². The Morgan fingerprint density at radius 1 is 0.915 bits per heavy atom. The maximum Gasteiger partial charge on any atom is 0.338 e. The van der Waals surface area contributed by atoms with Gasteiger partial charge in [-0.25, -0.2) is 14.1 Å². The first-order valence-electron chi connectivity index (χ1n) is 15.1. The molecule has 0 radical (unpaired) electrons. The molecule has 2 aliphatic heterocycles. The summed E-state index contributed by atoms with van der Waals surface area (Å²) in [6.45, 7) is 7.88. The van der Waals surface area contributed by atoms with E-state index in [1.807, 2.05) is 24.3 Å². The van der Waals surface area contributed by atoms with Crippen molar-refractivity contribution >= 4 is 58.2 Å². The number of amides is 3. The van der Waals surface area contributed by atoms with Crippen LogP contribution in [-0.4, -0.2) is 40.1 Å². The van der Waals surface area contributed by atoms with E-state index in [1.54, 1.807) is 19.1 Å². The molecule has 1 aromatic heterocycles. The first-order chi connectivity index (χ1) is 22.4. The van der Waals surface area contributed by atoms with E-state index in [0.29, 0.717) is 26.8 Å². The number of ether oxygens (including phenoxy) is 1. The lowest BCUT2D eigenvalue weighted by Crippen LogP contribution is -2.33. The predicted octanol–water partition coefficient (Wildman–Crippen LogP) is 5.96. The number of hydrogen-bond donors (Lipinski definition) is 1. The quantitative estimate of drug-likeness (QED) is 0.190. The van der Waals surface area contributed by atoms with Gasteiger partial charge in [0.15, 0.2) is 0 Å². The first kappa shape index (κ1) is 32.4. The SMILES string of the molecule is CCOC(=O)c1ccc(N2C(=O)[C@H]3[C@H](c4ccc(C(C)(C)C)cc4)c4sc(=O)n(CC(=O)Nc5ccc(F)cc5)c4S[C@H]3C2=O)cc1. The lowest BCUT2D eigenvalue weighted by Gasteiger charge is -2.31. The molecular formula is C35H32FN3O6S2. The van der Waals surface area contributed by atoms with Crippen LogP contribution >= 0.6 is 23.1 Å². The van der Waals surface area contributed by atoms with Crippen LogP contribution in [0.5, 0.6) is 0 Å². The molecule has 1 fully saturated rings. The molecule has 0 bridgehead atoms. The van der Waals surface area contributed by atoms with Gasteiger partial charge in [0.2, 0.25) is 17.7 Å². The number of anilines is 2. The number of benzene rings is 3. The molecule has 3 amide bonds. The van der Waals surface area contributed by atoms with Gasteiger partial charge in [0.25, 0.3) is 0 Å². The molecular weight excluding hydrogens is 642 g/mol. The van der Waals surface area contributed by atoms with Crippen molar-refractivity contribution in [1.82, 2.24) is 4.57 Å². The van der Waals surface area contributed by atoms with Crippen LogP contribution in [0.3, 0.4) is 0 Å². The number of thioether (sulfide) groups is 1. The van der Waals surface area contributed by atoms with Gasteiger partial charge in [-0.3, -0.25) is 23.7 Å². The minimum atomic E-state index is -0.868. The number of fused-ring (bicyclic) bond motifs is 2. The molecule has 0 aliphatic carbocycles. The summed E-state index contributed by atoms with van der Waals surface area (Å²) in [7, 11) is 0. The average molecular weight is 674 g/mol. The van der Waals surface area contributed by atoms with Crippen molar-refractivity contribution in [2.24, 2.45) is 5.92 Å². The summed E-state index contributed by atoms with van der Waals surface area (Å²) < 4.78 is 19.8. The van der Waals surface area contributed by atoms with Gasteiger partial charge >= 0.3 is 10.8 Å². The minimum absolute atomic E-state index is 0.119. The monoisotopic (exact) mass is 673 g/mol. The van der Waals surface area contributed by atoms with E-state index in [4.69, 9.17) is 4.74 Å². The fourth-order valence-corrected chi connectivity index (χ4v) is 8.67. The molecule has 6 rings (SSSR count). The summed E-state index contributed by atoms with van der Waals surface area (Å²) in [6.07, 6.45) is 0. The Hall–Kier alpha value is -4.55. The Balaban J connectivity index is 1.39. The zero-order valence-electron chi connectivity index (χ0n) is 26.1. The van der Waals surface area contributed by atoms with E-state index < -0.39 is 46.6 Å². The normalized spacial score (nSPS) is 18.9. The van der Waals surface area contributed by atoms with Gasteiger partial charge in [-0.15, -0.1) is 0 Å². The highest BCUT2D eigenvalue weighted by Gasteiger charge is 2.56. The van der Waals surface area contributed by atoms with Crippen molar-refractivity contribution in [3.05, 3.63) is 110 Å². The summed E-state index contributed by atoms with van der Waals surface area (Å²) in [5.74, 6) is -3.74. The van der Waals surface area contributed by atoms with E-state index >= 15 is 0 Å². The van der Waals surface area contributed by atoms with Crippen LogP contribution in [0, 0.1) is 11.7 Å². The van der Waals surface area contributed by atoms with Gasteiger partial charge in [0.05, 0.1) is 28.8 Å². The van der Waals surface area contributed by atoms with Crippen molar-refractivity contribution in [1.29, 1.82) is 0 Å². The van der Waals surface area contributed by atoms with Gasteiger partial charge in [0.1, 0.15) is 17.6 Å². The molecule has 1 saturated heterocycles. The topological polar surface area (TPSA) is 115 Å². The zero-order valence-corrected chi connectivity index (χ0v) is 27.7. The lowest BCUT2D eigenvalue weighted by molar-refractivity contribution is -0.122. The van der Waals surface area contributed by atoms with Crippen LogP contribution in [0.2, 0.25) is 0 Å². The van der Waals surface area contributed by atoms with E-state index in [-0.39, 0.29) is 23.4 Å². The van der Waals surface area contributed by atoms with Crippen LogP contribution in [0.4, 0.5) is 15.8 Å². The van der Waals surface area contributed by atoms with Gasteiger partial charge < -0.3 is 10.1 Å². The number of rotatable bonds is 7. The molecule has 0 saturated carbocycles. The Kier molecular flexibility index (Phi) is 8.66. The zero-order chi connectivity index (χ0) is 33.6. The Morgan fingerprint density at radius 3 is 2.19 bits per heavy atom. The first-order valence-corrected chi connectivity index (χ1v) is 16.8. The molecule has 2 aliphatic rings. The van der Waals surface area contributed by atoms with Crippen LogP contribution in [0.25, 0.3) is 0 Å². The van der Waals surface area contributed by atoms with Crippen molar-refractivity contribution in [3.8, 4) is 0 Å². The van der Waals surface area contributed by atoms with E-state index in [1.165, 1.54) is 41.0 Å². The Bertz CT molecular complexity index is 1930. The largest absolute Gasteiger partial charge is 0.462 e. The predicted molar refractivity (Wildman–Crippen MR) is 179 cm³/mol. The number of thiazole rings is 1. The number of carbonyl (C=O) groups is 4. The van der Waals surface area contributed by atoms with Crippen molar-refractivity contribution in [2.45, 2.75) is 55.8 Å². The Morgan fingerprint density at radius 2 is 1.57 bits per heavy atom. The second kappa shape index (κ2) is 12.6. The maximum atomic E-state index is 14.2. The molecule has 4 aromatic rings. The highest BCUT2D eigenvalue weighted by molar-refractivity contribution is 8.00. The maximum absolute atomic E-state index is 14.2. The summed E-state index contributed by atoms with van der Waals surface area (Å²) in [5, 5.41) is 2.27. The van der Waals surface area contributed by atoms with Crippen molar-refractivity contribution < 1.29 is 28.3 Å². The van der Waals surface area contributed by atoms with Crippen molar-refractivity contribution in [3.63, 3.8) is 0 Å². The highest BCUT2D eigenvalue weighted by Crippen LogP contribution is 2.54. The van der Waals surface area contributed by atoms with E-state index in [0.717, 1.165) is 39.1 Å². The highest BCUT2D eigenvalue weighted by atomic mass is 32.2. The minimum Gasteiger partial charge on any atom is -0.462 e. The fourth-order valence-electron chi connectivity index (χ4n) is 5.90. The third-order valence-electron chi connectivity index (χ3n) is 8.25. The number of nitrogens with one attached hydrogen (secondary N) is 1. The van der Waals surface area contributed by atoms with Gasteiger partial charge in [0, 0.05) is 16.5 Å². The van der Waals surface area contributed by atoms with Crippen LogP contribution < -0.4 is 15.1 Å². The van der Waals surface area contributed by atoms with Gasteiger partial charge in [-0.05, 0) is 72.0 Å². The number of carbonyl (C=O) groups excluding carboxylic acids is 4. The summed E-state index contributed by atoms with van der Waals surface area (Å²) in [5.41, 5.74) is 2.74. The number of nitrogens with zero attached hydrogens (tertiary/aromatic N) is 2. The summed E-state index contributed by atoms with van der Waals surface area (Å²) in [4.78, 5) is 68.3. The number of esters is 1. The smallest absolute Gasteiger partial charge is 0.338 e. The molecule has 9 nitrogen and oxygen atoms in total. The molecule has 12 heteroatoms. The van der Waals surface area contributed by atoms with Gasteiger partial charge in [-0.2, -0.15) is 0 Å². The third-order valence-corrected chi connectivity index (χ3v) is 10.9. The molecule has 242 valence electrons. The lowest BCUT2D eigenvalue weighted by atomic mass is 9.81. The van der Waals surface area contributed by atoms with E-state index in [2.05, 4.69) is 26.1 Å². The standard InChI is InChI=1S/C35H32FN3O6S2/c1-5-45-33(43)20-8-16-24(17-9-20)39-30(41)27-26(19-6-10-21(11-7-19)35(2,3)4)29-32(46-28(27)31(39)42)38(34(44)47-29)18-25(40)37-23-14-12-22(36)13-15-23/h6-17,26-28H,5,18H2,1-4H3,(H,37,40)/t26-,27-,28+/m0/s1. The molecule has 1 N–H and O–H groups in total. The molecule has 47 heavy (non-hydrogen) atoms. The number of halogens is 1. The molecule has 0 unspecified atom stereocenters. The summed E-state index contributed by atoms with van der Waals surface area (Å²) in [6, 6.07) is 19.3. The fraction of sp³-hybridized carbons (Fsp3) is 0.286. The Labute approximate surface area is 278 Å². The van der Waals surface area contributed by atoms with E-state index in [9.17, 15) is 28.4 Å². The molecule has 3 heterocycles. The summed E-state index contributed by atoms with van der Waals surface area (Å²) >= 11 is 2.08. The third kappa shape index (κ3) is 6.15. The van der Waals surface area contributed by atoms with Crippen LogP contribution in [0.1, 0.15) is 60.0 Å². The second-order valence-corrected chi connectivity index (χ2v) is 14.5. The number of aromatic nitrogens is 1. The second-order valence-electron chi connectivity index (χ2n) is 12.4. The number of imide groups is 1. The average Bonchev–Trinajstić information content (AvgIpc) is 3.48. The van der Waals surface area contributed by atoms with Crippen LogP contribution in [-0.2, 0) is 31.1 Å².